The molecule has 1 amide bonds. The quantitative estimate of drug-likeness (QED) is 0.940. The number of carbonyl (C=O) groups is 1. The number of fused-ring (bicyclic) bond motifs is 1. The van der Waals surface area contributed by atoms with E-state index >= 15 is 0 Å². The van der Waals surface area contributed by atoms with Gasteiger partial charge in [-0.2, -0.15) is 0 Å². The highest BCUT2D eigenvalue weighted by molar-refractivity contribution is 5.84. The van der Waals surface area contributed by atoms with Crippen molar-refractivity contribution in [2.75, 3.05) is 13.1 Å². The van der Waals surface area contributed by atoms with E-state index in [2.05, 4.69) is 28.5 Å². The molecule has 1 saturated heterocycles. The molecule has 21 heavy (non-hydrogen) atoms. The van der Waals surface area contributed by atoms with E-state index in [4.69, 9.17) is 0 Å². The average Bonchev–Trinajstić information content (AvgIpc) is 2.53. The zero-order valence-corrected chi connectivity index (χ0v) is 12.4. The number of hydrogen-bond donors (Lipinski definition) is 1. The van der Waals surface area contributed by atoms with Gasteiger partial charge in [0.15, 0.2) is 0 Å². The van der Waals surface area contributed by atoms with E-state index < -0.39 is 0 Å². The number of nitrogens with one attached hydrogen (secondary N) is 1. The maximum atomic E-state index is 11.3. The molecular weight excluding hydrogens is 262 g/mol. The molecule has 0 atom stereocenters. The number of piperidine rings is 1. The summed E-state index contributed by atoms with van der Waals surface area (Å²) in [5, 5.41) is 6.06. The molecule has 4 heteroatoms. The number of hydrogen-bond acceptors (Lipinski definition) is 3. The summed E-state index contributed by atoms with van der Waals surface area (Å²) in [6.45, 7) is 4.20. The highest BCUT2D eigenvalue weighted by Gasteiger charge is 2.20. The van der Waals surface area contributed by atoms with Gasteiger partial charge in [0.25, 0.3) is 0 Å². The van der Waals surface area contributed by atoms with Crippen molar-refractivity contribution in [1.29, 1.82) is 0 Å². The predicted octanol–water partition coefficient (Wildman–Crippen LogP) is 2.34. The third-order valence-electron chi connectivity index (χ3n) is 4.27. The maximum Gasteiger partial charge on any atom is 0.219 e. The molecule has 2 aromatic rings. The van der Waals surface area contributed by atoms with Crippen LogP contribution in [0.1, 0.15) is 25.3 Å². The summed E-state index contributed by atoms with van der Waals surface area (Å²) in [6.07, 6.45) is 5.90. The molecular formula is C17H21N3O. The molecule has 1 fully saturated rings. The highest BCUT2D eigenvalue weighted by atomic mass is 16.2. The van der Waals surface area contributed by atoms with Crippen molar-refractivity contribution in [3.05, 3.63) is 42.2 Å². The minimum Gasteiger partial charge on any atom is -0.343 e. The Morgan fingerprint density at radius 3 is 2.81 bits per heavy atom. The molecule has 0 saturated carbocycles. The first-order chi connectivity index (χ1) is 10.2. The van der Waals surface area contributed by atoms with Crippen LogP contribution >= 0.6 is 0 Å². The van der Waals surface area contributed by atoms with Crippen LogP contribution < -0.4 is 5.32 Å². The molecule has 1 aromatic carbocycles. The van der Waals surface area contributed by atoms with Gasteiger partial charge in [-0.25, -0.2) is 0 Å². The number of rotatable bonds is 3. The molecule has 0 spiro atoms. The van der Waals surface area contributed by atoms with Crippen LogP contribution in [-0.2, 0) is 11.3 Å². The molecule has 1 aliphatic heterocycles. The lowest BCUT2D eigenvalue weighted by Gasteiger charge is -2.31. The van der Waals surface area contributed by atoms with Gasteiger partial charge in [-0.05, 0) is 23.8 Å². The Morgan fingerprint density at radius 2 is 2.05 bits per heavy atom. The van der Waals surface area contributed by atoms with E-state index in [0.29, 0.717) is 6.04 Å². The number of aromatic nitrogens is 1. The molecule has 1 aromatic heterocycles. The molecule has 4 nitrogen and oxygen atoms in total. The van der Waals surface area contributed by atoms with E-state index in [-0.39, 0.29) is 5.91 Å². The van der Waals surface area contributed by atoms with Crippen molar-refractivity contribution < 1.29 is 4.79 Å². The fourth-order valence-electron chi connectivity index (χ4n) is 2.97. The SMILES string of the molecule is CC(=O)N1CCC(NCc2cncc3ccccc23)CC1. The van der Waals surface area contributed by atoms with Crippen molar-refractivity contribution in [2.24, 2.45) is 0 Å². The van der Waals surface area contributed by atoms with E-state index in [1.807, 2.05) is 23.4 Å². The van der Waals surface area contributed by atoms with Crippen molar-refractivity contribution in [2.45, 2.75) is 32.4 Å². The van der Waals surface area contributed by atoms with Crippen LogP contribution in [0.4, 0.5) is 0 Å². The zero-order chi connectivity index (χ0) is 14.7. The number of benzene rings is 1. The average molecular weight is 283 g/mol. The predicted molar refractivity (Wildman–Crippen MR) is 83.9 cm³/mol. The molecule has 1 aliphatic rings. The van der Waals surface area contributed by atoms with E-state index in [1.165, 1.54) is 16.3 Å². The minimum atomic E-state index is 0.187. The van der Waals surface area contributed by atoms with Gasteiger partial charge in [-0.1, -0.05) is 24.3 Å². The van der Waals surface area contributed by atoms with Crippen LogP contribution in [0.25, 0.3) is 10.8 Å². The van der Waals surface area contributed by atoms with Crippen molar-refractivity contribution >= 4 is 16.7 Å². The van der Waals surface area contributed by atoms with Crippen LogP contribution in [0.5, 0.6) is 0 Å². The summed E-state index contributed by atoms with van der Waals surface area (Å²) in [4.78, 5) is 17.6. The fourth-order valence-corrected chi connectivity index (χ4v) is 2.97. The van der Waals surface area contributed by atoms with Crippen LogP contribution in [0.15, 0.2) is 36.7 Å². The van der Waals surface area contributed by atoms with Gasteiger partial charge in [0.05, 0.1) is 0 Å². The van der Waals surface area contributed by atoms with Crippen molar-refractivity contribution in [1.82, 2.24) is 15.2 Å². The molecule has 1 N–H and O–H groups in total. The van der Waals surface area contributed by atoms with Gasteiger partial charge in [-0.15, -0.1) is 0 Å². The molecule has 0 bridgehead atoms. The van der Waals surface area contributed by atoms with E-state index in [9.17, 15) is 4.79 Å². The van der Waals surface area contributed by atoms with Crippen molar-refractivity contribution in [3.8, 4) is 0 Å². The molecule has 3 rings (SSSR count). The van der Waals surface area contributed by atoms with Gasteiger partial charge in [0, 0.05) is 50.4 Å². The van der Waals surface area contributed by atoms with Gasteiger partial charge < -0.3 is 10.2 Å². The van der Waals surface area contributed by atoms with Gasteiger partial charge in [0.1, 0.15) is 0 Å². The number of amides is 1. The van der Waals surface area contributed by atoms with E-state index in [0.717, 1.165) is 32.5 Å². The van der Waals surface area contributed by atoms with Crippen LogP contribution in [0.2, 0.25) is 0 Å². The van der Waals surface area contributed by atoms with Gasteiger partial charge in [-0.3, -0.25) is 9.78 Å². The Morgan fingerprint density at radius 1 is 1.29 bits per heavy atom. The molecule has 110 valence electrons. The first-order valence-electron chi connectivity index (χ1n) is 7.54. The Balaban J connectivity index is 1.61. The number of carbonyl (C=O) groups excluding carboxylic acids is 1. The zero-order valence-electron chi connectivity index (χ0n) is 12.4. The second-order valence-corrected chi connectivity index (χ2v) is 5.68. The Kier molecular flexibility index (Phi) is 4.15. The fraction of sp³-hybridized carbons (Fsp3) is 0.412. The largest absolute Gasteiger partial charge is 0.343 e. The second-order valence-electron chi connectivity index (χ2n) is 5.68. The van der Waals surface area contributed by atoms with Crippen LogP contribution in [0, 0.1) is 0 Å². The van der Waals surface area contributed by atoms with E-state index in [1.54, 1.807) is 6.92 Å². The maximum absolute atomic E-state index is 11.3. The number of likely N-dealkylation sites (tertiary alicyclic amines) is 1. The lowest BCUT2D eigenvalue weighted by Crippen LogP contribution is -2.43. The molecule has 0 aliphatic carbocycles. The lowest BCUT2D eigenvalue weighted by molar-refractivity contribution is -0.129. The summed E-state index contributed by atoms with van der Waals surface area (Å²) in [7, 11) is 0. The molecule has 2 heterocycles. The smallest absolute Gasteiger partial charge is 0.219 e. The Hall–Kier alpha value is -1.94. The van der Waals surface area contributed by atoms with Crippen molar-refractivity contribution in [3.63, 3.8) is 0 Å². The minimum absolute atomic E-state index is 0.187. The summed E-state index contributed by atoms with van der Waals surface area (Å²) < 4.78 is 0. The third-order valence-corrected chi connectivity index (χ3v) is 4.27. The van der Waals surface area contributed by atoms with Crippen LogP contribution in [-0.4, -0.2) is 34.9 Å². The summed E-state index contributed by atoms with van der Waals surface area (Å²) in [5.74, 6) is 0.187. The molecule has 0 radical (unpaired) electrons. The summed E-state index contributed by atoms with van der Waals surface area (Å²) >= 11 is 0. The second kappa shape index (κ2) is 6.22. The number of pyridine rings is 1. The normalized spacial score (nSPS) is 16.3. The first-order valence-corrected chi connectivity index (χ1v) is 7.54. The Bertz CT molecular complexity index is 627. The monoisotopic (exact) mass is 283 g/mol. The lowest BCUT2D eigenvalue weighted by atomic mass is 10.0. The Labute approximate surface area is 125 Å². The summed E-state index contributed by atoms with van der Waals surface area (Å²) in [5.41, 5.74) is 1.24. The molecule has 0 unspecified atom stereocenters. The van der Waals surface area contributed by atoms with Gasteiger partial charge in [0.2, 0.25) is 5.91 Å². The van der Waals surface area contributed by atoms with Crippen LogP contribution in [0.3, 0.4) is 0 Å². The standard InChI is InChI=1S/C17H21N3O/c1-13(21)20-8-6-16(7-9-20)19-12-15-11-18-10-14-4-2-3-5-17(14)15/h2-5,10-11,16,19H,6-9,12H2,1H3. The third kappa shape index (κ3) is 3.22. The highest BCUT2D eigenvalue weighted by Crippen LogP contribution is 2.18. The van der Waals surface area contributed by atoms with Gasteiger partial charge >= 0.3 is 0 Å². The number of nitrogens with zero attached hydrogens (tertiary/aromatic N) is 2. The summed E-state index contributed by atoms with van der Waals surface area (Å²) in [6, 6.07) is 8.83. The topological polar surface area (TPSA) is 45.2 Å². The first kappa shape index (κ1) is 14.0.